The Morgan fingerprint density at radius 3 is 2.53 bits per heavy atom. The van der Waals surface area contributed by atoms with Crippen molar-refractivity contribution in [3.05, 3.63) is 29.8 Å². The van der Waals surface area contributed by atoms with Crippen molar-refractivity contribution in [2.45, 2.75) is 13.3 Å². The van der Waals surface area contributed by atoms with Crippen molar-refractivity contribution in [3.63, 3.8) is 0 Å². The molecular weight excluding hydrogens is 208 g/mol. The number of rotatable bonds is 4. The second kappa shape index (κ2) is 6.24. The Morgan fingerprint density at radius 2 is 1.93 bits per heavy atom. The number of benzene rings is 1. The van der Waals surface area contributed by atoms with Crippen molar-refractivity contribution >= 4 is 17.3 Å². The number of hydrogen-bond donors (Lipinski definition) is 3. The number of hydrogen-bond acceptors (Lipinski definition) is 2. The van der Waals surface area contributed by atoms with Gasteiger partial charge >= 0.3 is 0 Å². The minimum atomic E-state index is 0.301. The van der Waals surface area contributed by atoms with Gasteiger partial charge in [0, 0.05) is 13.1 Å². The summed E-state index contributed by atoms with van der Waals surface area (Å²) >= 11 is 5.03. The van der Waals surface area contributed by atoms with Gasteiger partial charge in [-0.05, 0) is 43.3 Å². The molecule has 82 valence electrons. The molecule has 0 saturated heterocycles. The Balaban J connectivity index is 2.26. The van der Waals surface area contributed by atoms with E-state index in [9.17, 15) is 0 Å². The molecule has 3 nitrogen and oxygen atoms in total. The molecule has 3 N–H and O–H groups in total. The molecule has 0 aliphatic carbocycles. The Morgan fingerprint density at radius 1 is 1.27 bits per heavy atom. The van der Waals surface area contributed by atoms with Gasteiger partial charge in [-0.15, -0.1) is 0 Å². The summed E-state index contributed by atoms with van der Waals surface area (Å²) < 4.78 is 0. The van der Waals surface area contributed by atoms with Crippen LogP contribution in [0, 0.1) is 0 Å². The van der Waals surface area contributed by atoms with E-state index in [1.165, 1.54) is 5.56 Å². The van der Waals surface area contributed by atoms with Gasteiger partial charge < -0.3 is 15.7 Å². The van der Waals surface area contributed by atoms with Gasteiger partial charge in [0.2, 0.25) is 0 Å². The third-order valence-corrected chi connectivity index (χ3v) is 2.26. The highest BCUT2D eigenvalue weighted by atomic mass is 32.1. The van der Waals surface area contributed by atoms with Crippen LogP contribution in [0.15, 0.2) is 24.3 Å². The van der Waals surface area contributed by atoms with Crippen LogP contribution in [0.25, 0.3) is 0 Å². The minimum Gasteiger partial charge on any atom is -0.508 e. The van der Waals surface area contributed by atoms with Crippen molar-refractivity contribution in [3.8, 4) is 5.75 Å². The summed E-state index contributed by atoms with van der Waals surface area (Å²) in [6, 6.07) is 7.20. The molecule has 1 rings (SSSR count). The summed E-state index contributed by atoms with van der Waals surface area (Å²) in [5, 5.41) is 15.9. The molecule has 0 aliphatic rings. The molecule has 0 aliphatic heterocycles. The van der Waals surface area contributed by atoms with E-state index in [0.29, 0.717) is 10.9 Å². The molecule has 0 heterocycles. The smallest absolute Gasteiger partial charge is 0.166 e. The van der Waals surface area contributed by atoms with Gasteiger partial charge in [0.1, 0.15) is 5.75 Å². The van der Waals surface area contributed by atoms with Crippen molar-refractivity contribution in [1.82, 2.24) is 10.6 Å². The summed E-state index contributed by atoms with van der Waals surface area (Å²) in [6.07, 6.45) is 0.895. The average Bonchev–Trinajstić information content (AvgIpc) is 2.21. The van der Waals surface area contributed by atoms with Gasteiger partial charge in [0.05, 0.1) is 0 Å². The SMILES string of the molecule is CCNC(=S)NCCc1ccc(O)cc1. The van der Waals surface area contributed by atoms with Crippen molar-refractivity contribution in [2.24, 2.45) is 0 Å². The van der Waals surface area contributed by atoms with Gasteiger partial charge in [0.15, 0.2) is 5.11 Å². The fourth-order valence-corrected chi connectivity index (χ4v) is 1.45. The lowest BCUT2D eigenvalue weighted by molar-refractivity contribution is 0.475. The molecule has 1 aromatic carbocycles. The summed E-state index contributed by atoms with van der Waals surface area (Å²) in [7, 11) is 0. The lowest BCUT2D eigenvalue weighted by Gasteiger charge is -2.08. The fourth-order valence-electron chi connectivity index (χ4n) is 1.21. The predicted molar refractivity (Wildman–Crippen MR) is 66.1 cm³/mol. The highest BCUT2D eigenvalue weighted by molar-refractivity contribution is 7.80. The highest BCUT2D eigenvalue weighted by Crippen LogP contribution is 2.09. The largest absolute Gasteiger partial charge is 0.508 e. The second-order valence-corrected chi connectivity index (χ2v) is 3.61. The zero-order valence-electron chi connectivity index (χ0n) is 8.79. The number of aromatic hydroxyl groups is 1. The normalized spacial score (nSPS) is 9.67. The van der Waals surface area contributed by atoms with Crippen LogP contribution in [0.5, 0.6) is 5.75 Å². The van der Waals surface area contributed by atoms with Crippen molar-refractivity contribution < 1.29 is 5.11 Å². The van der Waals surface area contributed by atoms with Crippen LogP contribution in [-0.2, 0) is 6.42 Å². The molecule has 1 aromatic rings. The predicted octanol–water partition coefficient (Wildman–Crippen LogP) is 1.42. The van der Waals surface area contributed by atoms with Crippen LogP contribution >= 0.6 is 12.2 Å². The molecule has 0 radical (unpaired) electrons. The average molecular weight is 224 g/mol. The Bertz CT molecular complexity index is 311. The summed E-state index contributed by atoms with van der Waals surface area (Å²) in [6.45, 7) is 3.65. The van der Waals surface area contributed by atoms with E-state index in [-0.39, 0.29) is 0 Å². The summed E-state index contributed by atoms with van der Waals surface area (Å²) in [5.41, 5.74) is 1.18. The molecule has 15 heavy (non-hydrogen) atoms. The van der Waals surface area contributed by atoms with Crippen LogP contribution in [-0.4, -0.2) is 23.3 Å². The number of phenols is 1. The maximum Gasteiger partial charge on any atom is 0.166 e. The molecule has 0 aromatic heterocycles. The van der Waals surface area contributed by atoms with Gasteiger partial charge in [-0.3, -0.25) is 0 Å². The van der Waals surface area contributed by atoms with E-state index in [1.54, 1.807) is 12.1 Å². The second-order valence-electron chi connectivity index (χ2n) is 3.20. The lowest BCUT2D eigenvalue weighted by atomic mass is 10.1. The third-order valence-electron chi connectivity index (χ3n) is 1.97. The minimum absolute atomic E-state index is 0.301. The first-order valence-corrected chi connectivity index (χ1v) is 5.43. The molecule has 0 fully saturated rings. The van der Waals surface area contributed by atoms with E-state index >= 15 is 0 Å². The Hall–Kier alpha value is -1.29. The summed E-state index contributed by atoms with van der Waals surface area (Å²) in [5.74, 6) is 0.301. The van der Waals surface area contributed by atoms with E-state index in [0.717, 1.165) is 19.5 Å². The van der Waals surface area contributed by atoms with Crippen LogP contribution in [0.3, 0.4) is 0 Å². The topological polar surface area (TPSA) is 44.3 Å². The Labute approximate surface area is 95.5 Å². The highest BCUT2D eigenvalue weighted by Gasteiger charge is 1.95. The number of phenolic OH excluding ortho intramolecular Hbond substituents is 1. The third kappa shape index (κ3) is 4.65. The first-order chi connectivity index (χ1) is 7.22. The monoisotopic (exact) mass is 224 g/mol. The van der Waals surface area contributed by atoms with Crippen LogP contribution in [0.4, 0.5) is 0 Å². The van der Waals surface area contributed by atoms with Gasteiger partial charge in [-0.25, -0.2) is 0 Å². The fraction of sp³-hybridized carbons (Fsp3) is 0.364. The maximum atomic E-state index is 9.09. The quantitative estimate of drug-likeness (QED) is 0.677. The van der Waals surface area contributed by atoms with Crippen LogP contribution in [0.2, 0.25) is 0 Å². The molecule has 0 unspecified atom stereocenters. The first-order valence-electron chi connectivity index (χ1n) is 5.02. The summed E-state index contributed by atoms with van der Waals surface area (Å²) in [4.78, 5) is 0. The standard InChI is InChI=1S/C11H16N2OS/c1-2-12-11(15)13-8-7-9-3-5-10(14)6-4-9/h3-6,14H,2,7-8H2,1H3,(H2,12,13,15). The van der Waals surface area contributed by atoms with E-state index < -0.39 is 0 Å². The van der Waals surface area contributed by atoms with Gasteiger partial charge in [0.25, 0.3) is 0 Å². The number of nitrogens with one attached hydrogen (secondary N) is 2. The lowest BCUT2D eigenvalue weighted by Crippen LogP contribution is -2.36. The van der Waals surface area contributed by atoms with Crippen LogP contribution < -0.4 is 10.6 Å². The molecule has 0 saturated carbocycles. The molecule has 0 atom stereocenters. The van der Waals surface area contributed by atoms with Crippen molar-refractivity contribution in [2.75, 3.05) is 13.1 Å². The zero-order valence-corrected chi connectivity index (χ0v) is 9.60. The molecule has 0 amide bonds. The van der Waals surface area contributed by atoms with Gasteiger partial charge in [-0.2, -0.15) is 0 Å². The maximum absolute atomic E-state index is 9.09. The van der Waals surface area contributed by atoms with E-state index in [4.69, 9.17) is 17.3 Å². The zero-order chi connectivity index (χ0) is 11.1. The Kier molecular flexibility index (Phi) is 4.90. The van der Waals surface area contributed by atoms with Crippen LogP contribution in [0.1, 0.15) is 12.5 Å². The molecule has 0 bridgehead atoms. The van der Waals surface area contributed by atoms with Gasteiger partial charge in [-0.1, -0.05) is 12.1 Å². The van der Waals surface area contributed by atoms with E-state index in [1.807, 2.05) is 19.1 Å². The molecule has 4 heteroatoms. The van der Waals surface area contributed by atoms with E-state index in [2.05, 4.69) is 10.6 Å². The van der Waals surface area contributed by atoms with Crippen molar-refractivity contribution in [1.29, 1.82) is 0 Å². The molecule has 0 spiro atoms. The molecular formula is C11H16N2OS. The number of thiocarbonyl (C=S) groups is 1. The first kappa shape index (κ1) is 11.8.